The highest BCUT2D eigenvalue weighted by Crippen LogP contribution is 2.05. The van der Waals surface area contributed by atoms with Gasteiger partial charge in [0.2, 0.25) is 0 Å². The van der Waals surface area contributed by atoms with Crippen LogP contribution >= 0.6 is 24.0 Å². The number of methoxy groups -OCH3 is 1. The monoisotopic (exact) mass is 438 g/mol. The number of ether oxygens (including phenoxy) is 1. The van der Waals surface area contributed by atoms with Crippen LogP contribution in [0.1, 0.15) is 12.0 Å². The molecule has 0 aliphatic rings. The summed E-state index contributed by atoms with van der Waals surface area (Å²) in [5.41, 5.74) is 0.627. The molecule has 0 aromatic heterocycles. The Bertz CT molecular complexity index is 459. The van der Waals surface area contributed by atoms with E-state index < -0.39 is 0 Å². The second-order valence-electron chi connectivity index (χ2n) is 5.09. The van der Waals surface area contributed by atoms with Gasteiger partial charge in [0.1, 0.15) is 5.82 Å². The molecule has 132 valence electrons. The summed E-state index contributed by atoms with van der Waals surface area (Å²) in [6.45, 7) is 3.88. The first-order chi connectivity index (χ1) is 10.7. The molecule has 1 aromatic rings. The average molecular weight is 438 g/mol. The maximum Gasteiger partial charge on any atom is 0.191 e. The molecule has 1 aromatic carbocycles. The third-order valence-electron chi connectivity index (χ3n) is 3.30. The van der Waals surface area contributed by atoms with Crippen molar-refractivity contribution in [3.05, 3.63) is 35.6 Å². The standard InChI is InChI=1S/C16H27FN4O.HI/c1-18-16(19-9-11-21(2)10-6-12-22-3)20-13-14-7-4-5-8-15(14)17;/h4-5,7-8H,6,9-13H2,1-3H3,(H2,18,19,20);1H. The topological polar surface area (TPSA) is 48.9 Å². The summed E-state index contributed by atoms with van der Waals surface area (Å²) in [4.78, 5) is 6.37. The van der Waals surface area contributed by atoms with Gasteiger partial charge in [0.05, 0.1) is 0 Å². The third kappa shape index (κ3) is 9.72. The molecule has 0 bridgehead atoms. The predicted molar refractivity (Wildman–Crippen MR) is 104 cm³/mol. The van der Waals surface area contributed by atoms with Gasteiger partial charge in [0.15, 0.2) is 5.96 Å². The van der Waals surface area contributed by atoms with Crippen molar-refractivity contribution in [1.82, 2.24) is 15.5 Å². The zero-order valence-electron chi connectivity index (χ0n) is 14.1. The molecular formula is C16H28FIN4O. The van der Waals surface area contributed by atoms with Gasteiger partial charge in [-0.2, -0.15) is 0 Å². The van der Waals surface area contributed by atoms with Gasteiger partial charge in [-0.15, -0.1) is 24.0 Å². The third-order valence-corrected chi connectivity index (χ3v) is 3.30. The Labute approximate surface area is 155 Å². The van der Waals surface area contributed by atoms with Crippen LogP contribution < -0.4 is 10.6 Å². The highest BCUT2D eigenvalue weighted by Gasteiger charge is 2.03. The minimum absolute atomic E-state index is 0. The van der Waals surface area contributed by atoms with Crippen molar-refractivity contribution in [2.75, 3.05) is 47.4 Å². The summed E-state index contributed by atoms with van der Waals surface area (Å²) in [7, 11) is 5.50. The van der Waals surface area contributed by atoms with E-state index in [4.69, 9.17) is 4.74 Å². The molecule has 0 atom stereocenters. The molecule has 1 rings (SSSR count). The van der Waals surface area contributed by atoms with E-state index in [1.807, 2.05) is 6.07 Å². The van der Waals surface area contributed by atoms with Crippen LogP contribution in [-0.2, 0) is 11.3 Å². The van der Waals surface area contributed by atoms with Crippen LogP contribution in [0.3, 0.4) is 0 Å². The maximum absolute atomic E-state index is 13.5. The normalized spacial score (nSPS) is 11.3. The van der Waals surface area contributed by atoms with E-state index in [-0.39, 0.29) is 29.8 Å². The molecule has 0 heterocycles. The fraction of sp³-hybridized carbons (Fsp3) is 0.562. The lowest BCUT2D eigenvalue weighted by atomic mass is 10.2. The zero-order valence-corrected chi connectivity index (χ0v) is 16.5. The van der Waals surface area contributed by atoms with E-state index in [9.17, 15) is 4.39 Å². The number of aliphatic imine (C=N–C) groups is 1. The van der Waals surface area contributed by atoms with Gasteiger partial charge in [-0.05, 0) is 19.5 Å². The van der Waals surface area contributed by atoms with E-state index in [0.717, 1.165) is 32.7 Å². The quantitative estimate of drug-likeness (QED) is 0.268. The summed E-state index contributed by atoms with van der Waals surface area (Å²) < 4.78 is 18.6. The van der Waals surface area contributed by atoms with Crippen molar-refractivity contribution < 1.29 is 9.13 Å². The van der Waals surface area contributed by atoms with Gasteiger partial charge >= 0.3 is 0 Å². The first-order valence-electron chi connectivity index (χ1n) is 7.52. The maximum atomic E-state index is 13.5. The van der Waals surface area contributed by atoms with Crippen molar-refractivity contribution in [1.29, 1.82) is 0 Å². The lowest BCUT2D eigenvalue weighted by Crippen LogP contribution is -2.40. The minimum atomic E-state index is -0.205. The highest BCUT2D eigenvalue weighted by atomic mass is 127. The summed E-state index contributed by atoms with van der Waals surface area (Å²) in [6, 6.07) is 6.73. The zero-order chi connectivity index (χ0) is 16.2. The molecule has 0 unspecified atom stereocenters. The number of benzene rings is 1. The van der Waals surface area contributed by atoms with E-state index in [1.165, 1.54) is 6.07 Å². The first-order valence-corrected chi connectivity index (χ1v) is 7.52. The molecule has 0 saturated carbocycles. The lowest BCUT2D eigenvalue weighted by Gasteiger charge is -2.18. The molecular weight excluding hydrogens is 410 g/mol. The fourth-order valence-corrected chi connectivity index (χ4v) is 2.00. The van der Waals surface area contributed by atoms with Crippen LogP contribution in [0, 0.1) is 5.82 Å². The number of likely N-dealkylation sites (N-methyl/N-ethyl adjacent to an activating group) is 1. The SMILES string of the molecule is CN=C(NCCN(C)CCCOC)NCc1ccccc1F.I. The Morgan fingerprint density at radius 2 is 2.00 bits per heavy atom. The van der Waals surface area contributed by atoms with E-state index >= 15 is 0 Å². The highest BCUT2D eigenvalue weighted by molar-refractivity contribution is 14.0. The first kappa shape index (κ1) is 22.1. The molecule has 0 radical (unpaired) electrons. The van der Waals surface area contributed by atoms with Crippen LogP contribution in [0.4, 0.5) is 4.39 Å². The van der Waals surface area contributed by atoms with Crippen LogP contribution in [0.15, 0.2) is 29.3 Å². The fourth-order valence-electron chi connectivity index (χ4n) is 2.00. The Hall–Kier alpha value is -0.930. The van der Waals surface area contributed by atoms with Gasteiger partial charge in [0, 0.05) is 52.5 Å². The Morgan fingerprint density at radius 1 is 1.26 bits per heavy atom. The molecule has 0 spiro atoms. The summed E-state index contributed by atoms with van der Waals surface area (Å²) in [5.74, 6) is 0.469. The number of hydrogen-bond acceptors (Lipinski definition) is 3. The van der Waals surface area contributed by atoms with Gasteiger partial charge in [0.25, 0.3) is 0 Å². The van der Waals surface area contributed by atoms with Crippen molar-refractivity contribution in [3.8, 4) is 0 Å². The molecule has 5 nitrogen and oxygen atoms in total. The van der Waals surface area contributed by atoms with E-state index in [1.54, 1.807) is 26.3 Å². The molecule has 0 aliphatic carbocycles. The van der Waals surface area contributed by atoms with Gasteiger partial charge in [-0.3, -0.25) is 4.99 Å². The number of rotatable bonds is 9. The summed E-state index contributed by atoms with van der Waals surface area (Å²) in [6.07, 6.45) is 1.02. The van der Waals surface area contributed by atoms with Crippen LogP contribution in [0.5, 0.6) is 0 Å². The summed E-state index contributed by atoms with van der Waals surface area (Å²) in [5, 5.41) is 6.34. The van der Waals surface area contributed by atoms with Gasteiger partial charge in [-0.25, -0.2) is 4.39 Å². The Morgan fingerprint density at radius 3 is 2.65 bits per heavy atom. The Kier molecular flexibility index (Phi) is 13.0. The van der Waals surface area contributed by atoms with Crippen molar-refractivity contribution in [2.45, 2.75) is 13.0 Å². The molecule has 2 N–H and O–H groups in total. The second-order valence-corrected chi connectivity index (χ2v) is 5.09. The molecule has 0 amide bonds. The Balaban J connectivity index is 0.00000484. The molecule has 0 fully saturated rings. The minimum Gasteiger partial charge on any atom is -0.385 e. The van der Waals surface area contributed by atoms with E-state index in [2.05, 4.69) is 27.6 Å². The molecule has 0 saturated heterocycles. The molecule has 7 heteroatoms. The summed E-state index contributed by atoms with van der Waals surface area (Å²) >= 11 is 0. The van der Waals surface area contributed by atoms with Crippen LogP contribution in [0.25, 0.3) is 0 Å². The molecule has 0 aliphatic heterocycles. The predicted octanol–water partition coefficient (Wildman–Crippen LogP) is 2.08. The number of halogens is 2. The van der Waals surface area contributed by atoms with Gasteiger partial charge in [-0.1, -0.05) is 18.2 Å². The number of nitrogens with one attached hydrogen (secondary N) is 2. The van der Waals surface area contributed by atoms with Crippen LogP contribution in [-0.4, -0.2) is 58.3 Å². The average Bonchev–Trinajstić information content (AvgIpc) is 2.52. The van der Waals surface area contributed by atoms with Gasteiger partial charge < -0.3 is 20.3 Å². The smallest absolute Gasteiger partial charge is 0.191 e. The molecule has 23 heavy (non-hydrogen) atoms. The second kappa shape index (κ2) is 13.5. The number of hydrogen-bond donors (Lipinski definition) is 2. The number of guanidine groups is 1. The van der Waals surface area contributed by atoms with Crippen molar-refractivity contribution >= 4 is 29.9 Å². The van der Waals surface area contributed by atoms with Crippen molar-refractivity contribution in [2.24, 2.45) is 4.99 Å². The van der Waals surface area contributed by atoms with Crippen molar-refractivity contribution in [3.63, 3.8) is 0 Å². The largest absolute Gasteiger partial charge is 0.385 e. The lowest BCUT2D eigenvalue weighted by molar-refractivity contribution is 0.180. The van der Waals surface area contributed by atoms with E-state index in [0.29, 0.717) is 18.1 Å². The van der Waals surface area contributed by atoms with Crippen LogP contribution in [0.2, 0.25) is 0 Å². The number of nitrogens with zero attached hydrogens (tertiary/aromatic N) is 2.